The highest BCUT2D eigenvalue weighted by Gasteiger charge is 2.13. The van der Waals surface area contributed by atoms with Crippen molar-refractivity contribution in [3.8, 4) is 0 Å². The van der Waals surface area contributed by atoms with Gasteiger partial charge in [-0.2, -0.15) is 0 Å². The van der Waals surface area contributed by atoms with Crippen molar-refractivity contribution in [2.24, 2.45) is 0 Å². The molecule has 0 aliphatic carbocycles. The summed E-state index contributed by atoms with van der Waals surface area (Å²) in [5.74, 6) is -0.0922. The minimum atomic E-state index is -3.51. The molecule has 0 spiro atoms. The molecule has 106 valence electrons. The van der Waals surface area contributed by atoms with E-state index in [2.05, 4.69) is 10.0 Å². The van der Waals surface area contributed by atoms with E-state index in [4.69, 9.17) is 0 Å². The van der Waals surface area contributed by atoms with Crippen molar-refractivity contribution in [1.29, 1.82) is 0 Å². The first-order valence-electron chi connectivity index (χ1n) is 6.20. The molecule has 0 atom stereocenters. The van der Waals surface area contributed by atoms with Gasteiger partial charge in [0.05, 0.1) is 4.90 Å². The van der Waals surface area contributed by atoms with Crippen LogP contribution in [0.15, 0.2) is 23.1 Å². The lowest BCUT2D eigenvalue weighted by Gasteiger charge is -2.09. The third-order valence-corrected chi connectivity index (χ3v) is 4.31. The topological polar surface area (TPSA) is 75.3 Å². The number of aryl methyl sites for hydroxylation is 2. The van der Waals surface area contributed by atoms with Gasteiger partial charge >= 0.3 is 0 Å². The molecule has 0 unspecified atom stereocenters. The van der Waals surface area contributed by atoms with Gasteiger partial charge in [-0.05, 0) is 37.1 Å². The summed E-state index contributed by atoms with van der Waals surface area (Å²) in [5.41, 5.74) is 1.98. The summed E-state index contributed by atoms with van der Waals surface area (Å²) in [5, 5.41) is 2.61. The highest BCUT2D eigenvalue weighted by Crippen LogP contribution is 2.14. The van der Waals surface area contributed by atoms with Crippen LogP contribution in [0.3, 0.4) is 0 Å². The first kappa shape index (κ1) is 15.7. The van der Waals surface area contributed by atoms with Crippen molar-refractivity contribution in [1.82, 2.24) is 10.0 Å². The van der Waals surface area contributed by atoms with Crippen molar-refractivity contribution < 1.29 is 13.2 Å². The van der Waals surface area contributed by atoms with Crippen LogP contribution in [0.25, 0.3) is 0 Å². The maximum absolute atomic E-state index is 12.0. The fourth-order valence-electron chi connectivity index (χ4n) is 1.48. The third kappa shape index (κ3) is 4.65. The molecule has 0 aliphatic heterocycles. The zero-order chi connectivity index (χ0) is 14.5. The van der Waals surface area contributed by atoms with Gasteiger partial charge in [0.1, 0.15) is 0 Å². The molecular formula is C13H20N2O3S. The lowest BCUT2D eigenvalue weighted by molar-refractivity contribution is -0.120. The van der Waals surface area contributed by atoms with Gasteiger partial charge in [-0.25, -0.2) is 13.1 Å². The summed E-state index contributed by atoms with van der Waals surface area (Å²) in [6, 6.07) is 5.00. The molecule has 1 aromatic carbocycles. The Balaban J connectivity index is 2.61. The second-order valence-electron chi connectivity index (χ2n) is 4.35. The molecular weight excluding hydrogens is 264 g/mol. The van der Waals surface area contributed by atoms with Crippen molar-refractivity contribution in [2.75, 3.05) is 13.1 Å². The Kier molecular flexibility index (Phi) is 5.50. The van der Waals surface area contributed by atoms with Gasteiger partial charge in [-0.1, -0.05) is 13.0 Å². The van der Waals surface area contributed by atoms with Crippen LogP contribution >= 0.6 is 0 Å². The first-order chi connectivity index (χ1) is 8.86. The highest BCUT2D eigenvalue weighted by atomic mass is 32.2. The van der Waals surface area contributed by atoms with E-state index in [1.54, 1.807) is 25.1 Å². The maximum atomic E-state index is 12.0. The van der Waals surface area contributed by atoms with Crippen molar-refractivity contribution in [2.45, 2.75) is 32.1 Å². The van der Waals surface area contributed by atoms with Gasteiger partial charge in [0, 0.05) is 19.5 Å². The van der Waals surface area contributed by atoms with Crippen LogP contribution < -0.4 is 10.0 Å². The zero-order valence-corrected chi connectivity index (χ0v) is 12.3. The molecule has 0 bridgehead atoms. The molecule has 6 heteroatoms. The molecule has 1 amide bonds. The molecule has 0 heterocycles. The number of hydrogen-bond donors (Lipinski definition) is 2. The minimum absolute atomic E-state index is 0.0922. The van der Waals surface area contributed by atoms with Crippen molar-refractivity contribution in [3.05, 3.63) is 29.3 Å². The quantitative estimate of drug-likeness (QED) is 0.768. The monoisotopic (exact) mass is 284 g/mol. The molecule has 0 saturated carbocycles. The van der Waals surface area contributed by atoms with Crippen molar-refractivity contribution in [3.63, 3.8) is 0 Å². The molecule has 0 fully saturated rings. The van der Waals surface area contributed by atoms with E-state index in [1.165, 1.54) is 0 Å². The normalized spacial score (nSPS) is 11.3. The first-order valence-corrected chi connectivity index (χ1v) is 7.68. The Morgan fingerprint density at radius 2 is 1.84 bits per heavy atom. The highest BCUT2D eigenvalue weighted by molar-refractivity contribution is 7.89. The van der Waals surface area contributed by atoms with Crippen LogP contribution in [0, 0.1) is 13.8 Å². The van der Waals surface area contributed by atoms with Crippen LogP contribution in [-0.4, -0.2) is 27.4 Å². The predicted octanol–water partition coefficient (Wildman–Crippen LogP) is 1.11. The average molecular weight is 284 g/mol. The summed E-state index contributed by atoms with van der Waals surface area (Å²) in [6.07, 6.45) is 0.393. The summed E-state index contributed by atoms with van der Waals surface area (Å²) < 4.78 is 26.4. The lowest BCUT2D eigenvalue weighted by Crippen LogP contribution is -2.34. The van der Waals surface area contributed by atoms with Gasteiger partial charge in [0.2, 0.25) is 15.9 Å². The van der Waals surface area contributed by atoms with Gasteiger partial charge in [-0.15, -0.1) is 0 Å². The van der Waals surface area contributed by atoms with Crippen LogP contribution in [0.1, 0.15) is 24.5 Å². The Morgan fingerprint density at radius 3 is 2.42 bits per heavy atom. The molecule has 1 rings (SSSR count). The Morgan fingerprint density at radius 1 is 1.16 bits per heavy atom. The number of benzene rings is 1. The number of rotatable bonds is 6. The zero-order valence-electron chi connectivity index (χ0n) is 11.5. The molecule has 0 saturated heterocycles. The second kappa shape index (κ2) is 6.68. The third-order valence-electron chi connectivity index (χ3n) is 2.85. The number of sulfonamides is 1. The van der Waals surface area contributed by atoms with Gasteiger partial charge < -0.3 is 5.32 Å². The summed E-state index contributed by atoms with van der Waals surface area (Å²) in [6.45, 7) is 6.02. The predicted molar refractivity (Wildman–Crippen MR) is 74.4 cm³/mol. The van der Waals surface area contributed by atoms with Gasteiger partial charge in [-0.3, -0.25) is 4.79 Å². The van der Waals surface area contributed by atoms with E-state index in [0.717, 1.165) is 11.1 Å². The molecule has 5 nitrogen and oxygen atoms in total. The summed E-state index contributed by atoms with van der Waals surface area (Å²) >= 11 is 0. The van der Waals surface area contributed by atoms with Gasteiger partial charge in [0.15, 0.2) is 0 Å². The molecule has 2 N–H and O–H groups in total. The number of carbonyl (C=O) groups is 1. The maximum Gasteiger partial charge on any atom is 0.240 e. The van der Waals surface area contributed by atoms with Crippen LogP contribution in [0.5, 0.6) is 0 Å². The summed E-state index contributed by atoms with van der Waals surface area (Å²) in [4.78, 5) is 11.2. The van der Waals surface area contributed by atoms with Crippen LogP contribution in [-0.2, 0) is 14.8 Å². The summed E-state index contributed by atoms with van der Waals surface area (Å²) in [7, 11) is -3.51. The molecule has 0 aromatic heterocycles. The average Bonchev–Trinajstić information content (AvgIpc) is 2.37. The smallest absolute Gasteiger partial charge is 0.240 e. The lowest BCUT2D eigenvalue weighted by atomic mass is 10.1. The molecule has 0 radical (unpaired) electrons. The molecule has 1 aromatic rings. The Labute approximate surface area is 114 Å². The number of carbonyl (C=O) groups excluding carboxylic acids is 1. The van der Waals surface area contributed by atoms with E-state index in [9.17, 15) is 13.2 Å². The van der Waals surface area contributed by atoms with E-state index >= 15 is 0 Å². The number of amides is 1. The minimum Gasteiger partial charge on any atom is -0.355 e. The van der Waals surface area contributed by atoms with E-state index in [0.29, 0.717) is 6.42 Å². The van der Waals surface area contributed by atoms with Gasteiger partial charge in [0.25, 0.3) is 0 Å². The Hall–Kier alpha value is -1.40. The number of nitrogens with one attached hydrogen (secondary N) is 2. The standard InChI is InChI=1S/C13H20N2O3S/c1-4-13(16)14-7-8-15-19(17,18)12-6-5-10(2)11(3)9-12/h5-6,9,15H,4,7-8H2,1-3H3,(H,14,16). The largest absolute Gasteiger partial charge is 0.355 e. The van der Waals surface area contributed by atoms with Crippen molar-refractivity contribution >= 4 is 15.9 Å². The Bertz CT molecular complexity index is 553. The van der Waals surface area contributed by atoms with Crippen LogP contribution in [0.2, 0.25) is 0 Å². The van der Waals surface area contributed by atoms with Crippen LogP contribution in [0.4, 0.5) is 0 Å². The number of hydrogen-bond acceptors (Lipinski definition) is 3. The fraction of sp³-hybridized carbons (Fsp3) is 0.462. The fourth-order valence-corrected chi connectivity index (χ4v) is 2.59. The second-order valence-corrected chi connectivity index (χ2v) is 6.11. The van der Waals surface area contributed by atoms with E-state index in [1.807, 2.05) is 13.8 Å². The van der Waals surface area contributed by atoms with E-state index < -0.39 is 10.0 Å². The molecule has 0 aliphatic rings. The molecule has 19 heavy (non-hydrogen) atoms. The van der Waals surface area contributed by atoms with E-state index in [-0.39, 0.29) is 23.9 Å². The SMILES string of the molecule is CCC(=O)NCCNS(=O)(=O)c1ccc(C)c(C)c1.